The van der Waals surface area contributed by atoms with Crippen LogP contribution in [0.3, 0.4) is 0 Å². The van der Waals surface area contributed by atoms with Gasteiger partial charge in [-0.15, -0.1) is 0 Å². The molecule has 0 saturated carbocycles. The molecule has 0 spiro atoms. The van der Waals surface area contributed by atoms with Crippen LogP contribution in [0.5, 0.6) is 0 Å². The zero-order chi connectivity index (χ0) is 4.50. The number of halogens is 6. The molecule has 0 unspecified atom stereocenters. The van der Waals surface area contributed by atoms with Crippen molar-refractivity contribution in [3.63, 3.8) is 0 Å². The van der Waals surface area contributed by atoms with E-state index in [0.717, 1.165) is 0 Å². The summed E-state index contributed by atoms with van der Waals surface area (Å²) < 4.78 is 27.0. The van der Waals surface area contributed by atoms with Gasteiger partial charge in [0.1, 0.15) is 0 Å². The third-order valence-corrected chi connectivity index (χ3v) is 0. The summed E-state index contributed by atoms with van der Waals surface area (Å²) in [5, 5.41) is 0. The van der Waals surface area contributed by atoms with Crippen LogP contribution in [0.25, 0.3) is 0 Å². The summed E-state index contributed by atoms with van der Waals surface area (Å²) in [6, 6.07) is 0. The van der Waals surface area contributed by atoms with Crippen LogP contribution in [0.1, 0.15) is 0 Å². The van der Waals surface area contributed by atoms with Crippen LogP contribution in [0, 0.1) is 0 Å². The average Bonchev–Trinajstić information content (AvgIpc) is 0.722. The molecule has 0 bridgehead atoms. The number of alkyl halides is 4. The molecule has 7 heavy (non-hydrogen) atoms. The Morgan fingerprint density at radius 1 is 1.00 bits per heavy atom. The second-order valence-electron chi connectivity index (χ2n) is 0.429. The summed E-state index contributed by atoms with van der Waals surface area (Å²) in [6.45, 7) is 0. The van der Waals surface area contributed by atoms with Crippen molar-refractivity contribution in [3.8, 4) is 0 Å². The molecule has 48 valence electrons. The molecule has 0 aromatic rings. The quantitative estimate of drug-likeness (QED) is 0.227. The summed E-state index contributed by atoms with van der Waals surface area (Å²) in [5.74, 6) is 0. The lowest BCUT2D eigenvalue weighted by molar-refractivity contribution is -0.0126. The van der Waals surface area contributed by atoms with E-state index >= 15 is 0 Å². The highest BCUT2D eigenvalue weighted by Crippen LogP contribution is 2.22. The Balaban J connectivity index is -0.0000000800. The van der Waals surface area contributed by atoms with Gasteiger partial charge in [0.2, 0.25) is 0 Å². The average molecular weight is 234 g/mol. The van der Waals surface area contributed by atoms with Crippen LogP contribution in [-0.2, 0) is 0 Å². The molecule has 0 heterocycles. The maximum absolute atomic E-state index is 10.3. The van der Waals surface area contributed by atoms with Crippen molar-refractivity contribution in [1.82, 2.24) is 0 Å². The van der Waals surface area contributed by atoms with Crippen molar-refractivity contribution in [3.05, 3.63) is 0 Å². The molecule has 0 aromatic heterocycles. The first-order chi connectivity index (χ1) is 2.00. The van der Waals surface area contributed by atoms with Gasteiger partial charge in [-0.2, -0.15) is 13.2 Å². The summed E-state index contributed by atoms with van der Waals surface area (Å²) >= 11 is 0.378. The predicted molar refractivity (Wildman–Crippen MR) is 20.1 cm³/mol. The first-order valence-electron chi connectivity index (χ1n) is 0.756. The van der Waals surface area contributed by atoms with E-state index in [1.165, 1.54) is 0 Å². The predicted octanol–water partition coefficient (Wildman–Crippen LogP) is -4.05. The van der Waals surface area contributed by atoms with E-state index in [9.17, 15) is 13.2 Å². The highest BCUT2D eigenvalue weighted by Gasteiger charge is 2.19. The van der Waals surface area contributed by atoms with Gasteiger partial charge >= 0.3 is 4.18 Å². The van der Waals surface area contributed by atoms with Gasteiger partial charge in [0.25, 0.3) is 0 Å². The molecule has 0 aliphatic rings. The second kappa shape index (κ2) is 4.54. The monoisotopic (exact) mass is 234 g/mol. The summed E-state index contributed by atoms with van der Waals surface area (Å²) in [6.07, 6.45) is 0. The van der Waals surface area contributed by atoms with Gasteiger partial charge in [0, 0.05) is 22.6 Å². The molecule has 0 radical (unpaired) electrons. The van der Waals surface area contributed by atoms with E-state index in [1.54, 1.807) is 0 Å². The van der Waals surface area contributed by atoms with Crippen molar-refractivity contribution in [1.29, 1.82) is 0 Å². The van der Waals surface area contributed by atoms with Crippen molar-refractivity contribution in [2.24, 2.45) is 0 Å². The van der Waals surface area contributed by atoms with E-state index in [-0.39, 0.29) is 9.41 Å². The van der Waals surface area contributed by atoms with Gasteiger partial charge in [-0.05, 0) is 0 Å². The smallest absolute Gasteiger partial charge is 0.441 e. The van der Waals surface area contributed by atoms with E-state index in [4.69, 9.17) is 0 Å². The zero-order valence-electron chi connectivity index (χ0n) is 2.77. The molecule has 0 aliphatic carbocycles. The lowest BCUT2D eigenvalue weighted by Crippen LogP contribution is -3.00. The molecule has 0 aliphatic heterocycles. The number of hydrogen-bond donors (Lipinski definition) is 0. The van der Waals surface area contributed by atoms with E-state index < -0.39 is 4.18 Å². The van der Waals surface area contributed by atoms with Gasteiger partial charge in [-0.3, -0.25) is 0 Å². The van der Waals surface area contributed by atoms with Gasteiger partial charge in [-0.25, -0.2) is 0 Å². The zero-order valence-corrected chi connectivity index (χ0v) is 4.93. The Morgan fingerprint density at radius 2 is 1.00 bits per heavy atom. The summed E-state index contributed by atoms with van der Waals surface area (Å²) in [4.78, 5) is 0. The van der Waals surface area contributed by atoms with Crippen LogP contribution < -0.4 is 9.41 Å². The molecule has 0 saturated heterocycles. The van der Waals surface area contributed by atoms with Gasteiger partial charge in [-0.1, -0.05) is 0 Å². The van der Waals surface area contributed by atoms with Crippen molar-refractivity contribution in [2.75, 3.05) is 0 Å². The molecule has 0 nitrogen and oxygen atoms in total. The summed E-state index contributed by atoms with van der Waals surface area (Å²) in [5.41, 5.74) is 0. The van der Waals surface area contributed by atoms with E-state index in [1.807, 2.05) is 0 Å². The van der Waals surface area contributed by atoms with Crippen LogP contribution in [0.4, 0.5) is 13.2 Å². The Labute approximate surface area is 50.0 Å². The van der Waals surface area contributed by atoms with Crippen molar-refractivity contribution < 1.29 is 22.6 Å². The van der Waals surface area contributed by atoms with Crippen molar-refractivity contribution >= 4 is 22.6 Å². The largest absolute Gasteiger partial charge is 1.00 e. The normalized spacial score (nSPS) is 8.57. The van der Waals surface area contributed by atoms with Crippen LogP contribution in [0.15, 0.2) is 0 Å². The highest BCUT2D eigenvalue weighted by atomic mass is 127. The Bertz CT molecular complexity index is 23.6. The van der Waals surface area contributed by atoms with Crippen LogP contribution in [0.2, 0.25) is 0 Å². The third kappa shape index (κ3) is 848. The third-order valence-electron chi connectivity index (χ3n) is 0. The molecular weight excluding hydrogens is 234 g/mol. The van der Waals surface area contributed by atoms with E-state index in [2.05, 4.69) is 0 Å². The molecule has 0 N–H and O–H groups in total. The lowest BCUT2D eigenvalue weighted by atomic mass is 11.6. The Hall–Kier alpha value is 0.380. The second-order valence-corrected chi connectivity index (χ2v) is 1.65. The maximum Gasteiger partial charge on any atom is 0.441 e. The van der Waals surface area contributed by atoms with Gasteiger partial charge in [0.15, 0.2) is 0 Å². The Morgan fingerprint density at radius 3 is 1.00 bits per heavy atom. The number of rotatable bonds is 0. The lowest BCUT2D eigenvalue weighted by Gasteiger charge is -1.85. The minimum atomic E-state index is -4.03. The highest BCUT2D eigenvalue weighted by molar-refractivity contribution is 14.1. The van der Waals surface area contributed by atoms with Gasteiger partial charge < -0.3 is 9.41 Å². The fraction of sp³-hybridized carbons (Fsp3) is 1.00. The summed E-state index contributed by atoms with van der Waals surface area (Å²) in [7, 11) is 0. The molecule has 0 amide bonds. The minimum Gasteiger partial charge on any atom is -1.00 e. The fourth-order valence-electron chi connectivity index (χ4n) is 0. The fourth-order valence-corrected chi connectivity index (χ4v) is 0. The Kier molecular flexibility index (Phi) is 10.1. The minimum absolute atomic E-state index is 0. The van der Waals surface area contributed by atoms with E-state index in [0.29, 0.717) is 22.6 Å². The van der Waals surface area contributed by atoms with Crippen LogP contribution in [-0.4, -0.2) is 4.18 Å². The molecular formula is CF5I-2. The first kappa shape index (κ1) is 15.7. The first-order valence-corrected chi connectivity index (χ1v) is 1.83. The van der Waals surface area contributed by atoms with Crippen molar-refractivity contribution in [2.45, 2.75) is 4.18 Å². The molecule has 6 heteroatoms. The maximum atomic E-state index is 10.3. The van der Waals surface area contributed by atoms with Crippen LogP contribution >= 0.6 is 22.6 Å². The standard InChI is InChI=1S/CF3I.2FH/c2-1(3,4)5;;/h;2*1H/p-2. The number of hydrogen-bond acceptors (Lipinski definition) is 0. The van der Waals surface area contributed by atoms with Gasteiger partial charge in [0.05, 0.1) is 0 Å². The molecule has 0 aromatic carbocycles. The molecule has 0 fully saturated rings. The molecule has 0 atom stereocenters. The SMILES string of the molecule is FC(F)(F)I.[F-].[F-]. The topological polar surface area (TPSA) is 0 Å². The molecule has 0 rings (SSSR count).